The molecule has 0 aliphatic carbocycles. The van der Waals surface area contributed by atoms with Crippen LogP contribution in [-0.2, 0) is 11.2 Å². The molecule has 1 aromatic rings. The maximum absolute atomic E-state index is 10.5. The number of rotatable bonds is 5. The second kappa shape index (κ2) is 6.46. The Morgan fingerprint density at radius 2 is 2.38 bits per heavy atom. The Bertz CT molecular complexity index is 462. The molecule has 0 radical (unpaired) electrons. The van der Waals surface area contributed by atoms with Crippen LogP contribution in [0.4, 0.5) is 0 Å². The first-order valence-electron chi connectivity index (χ1n) is 8.25. The quantitative estimate of drug-likeness (QED) is 0.896. The van der Waals surface area contributed by atoms with Crippen LogP contribution in [0.2, 0.25) is 0 Å². The fourth-order valence-electron chi connectivity index (χ4n) is 3.34. The van der Waals surface area contributed by atoms with Crippen LogP contribution in [0.5, 0.6) is 0 Å². The fraction of sp³-hybridized carbons (Fsp3) is 0.812. The Balaban J connectivity index is 1.56. The monoisotopic (exact) mass is 293 g/mol. The van der Waals surface area contributed by atoms with E-state index in [9.17, 15) is 5.11 Å². The second-order valence-electron chi connectivity index (χ2n) is 6.48. The van der Waals surface area contributed by atoms with E-state index in [0.29, 0.717) is 18.5 Å². The van der Waals surface area contributed by atoms with Gasteiger partial charge >= 0.3 is 0 Å². The summed E-state index contributed by atoms with van der Waals surface area (Å²) in [7, 11) is 0. The average molecular weight is 293 g/mol. The van der Waals surface area contributed by atoms with Gasteiger partial charge in [-0.15, -0.1) is 0 Å². The zero-order valence-corrected chi connectivity index (χ0v) is 13.1. The predicted octanol–water partition coefficient (Wildman–Crippen LogP) is 1.62. The van der Waals surface area contributed by atoms with Gasteiger partial charge in [0.1, 0.15) is 0 Å². The molecule has 3 heterocycles. The van der Waals surface area contributed by atoms with Gasteiger partial charge in [-0.25, -0.2) is 0 Å². The van der Waals surface area contributed by atoms with Gasteiger partial charge in [0.15, 0.2) is 0 Å². The minimum Gasteiger partial charge on any atom is -0.390 e. The maximum Gasteiger partial charge on any atom is 0.0965 e. The van der Waals surface area contributed by atoms with E-state index in [-0.39, 0.29) is 6.10 Å². The summed E-state index contributed by atoms with van der Waals surface area (Å²) >= 11 is 0. The van der Waals surface area contributed by atoms with Gasteiger partial charge in [-0.3, -0.25) is 9.58 Å². The lowest BCUT2D eigenvalue weighted by atomic mass is 10.1. The molecule has 4 unspecified atom stereocenters. The molecule has 0 saturated carbocycles. The van der Waals surface area contributed by atoms with Crippen LogP contribution in [-0.4, -0.2) is 57.7 Å². The van der Waals surface area contributed by atoms with E-state index in [1.807, 2.05) is 16.9 Å². The molecule has 4 atom stereocenters. The molecule has 21 heavy (non-hydrogen) atoms. The van der Waals surface area contributed by atoms with E-state index in [2.05, 4.69) is 23.8 Å². The van der Waals surface area contributed by atoms with E-state index in [1.54, 1.807) is 0 Å². The molecule has 2 fully saturated rings. The summed E-state index contributed by atoms with van der Waals surface area (Å²) in [6.07, 6.45) is 5.60. The molecule has 1 N–H and O–H groups in total. The fourth-order valence-corrected chi connectivity index (χ4v) is 3.34. The second-order valence-corrected chi connectivity index (χ2v) is 6.48. The van der Waals surface area contributed by atoms with Crippen LogP contribution in [0.15, 0.2) is 12.3 Å². The summed E-state index contributed by atoms with van der Waals surface area (Å²) < 4.78 is 7.86. The molecule has 118 valence electrons. The van der Waals surface area contributed by atoms with Crippen molar-refractivity contribution < 1.29 is 9.84 Å². The van der Waals surface area contributed by atoms with Gasteiger partial charge in [-0.1, -0.05) is 6.92 Å². The predicted molar refractivity (Wildman–Crippen MR) is 81.3 cm³/mol. The summed E-state index contributed by atoms with van der Waals surface area (Å²) in [6.45, 7) is 7.09. The van der Waals surface area contributed by atoms with Crippen LogP contribution < -0.4 is 0 Å². The van der Waals surface area contributed by atoms with E-state index < -0.39 is 6.10 Å². The summed E-state index contributed by atoms with van der Waals surface area (Å²) in [6, 6.07) is 3.00. The van der Waals surface area contributed by atoms with Crippen molar-refractivity contribution in [3.63, 3.8) is 0 Å². The van der Waals surface area contributed by atoms with Gasteiger partial charge in [-0.2, -0.15) is 5.10 Å². The minimum absolute atomic E-state index is 0.0758. The van der Waals surface area contributed by atoms with Gasteiger partial charge in [0.05, 0.1) is 24.5 Å². The van der Waals surface area contributed by atoms with E-state index in [1.165, 1.54) is 12.8 Å². The highest BCUT2D eigenvalue weighted by molar-refractivity contribution is 5.03. The molecule has 0 bridgehead atoms. The average Bonchev–Trinajstić information content (AvgIpc) is 3.14. The Labute approximate surface area is 126 Å². The summed E-state index contributed by atoms with van der Waals surface area (Å²) in [5.41, 5.74) is 0.954. The highest BCUT2D eigenvalue weighted by Crippen LogP contribution is 2.24. The van der Waals surface area contributed by atoms with Gasteiger partial charge < -0.3 is 9.84 Å². The van der Waals surface area contributed by atoms with Crippen LogP contribution in [0.1, 0.15) is 44.8 Å². The lowest BCUT2D eigenvalue weighted by molar-refractivity contribution is -0.102. The number of nitrogens with zero attached hydrogens (tertiary/aromatic N) is 3. The number of ether oxygens (including phenoxy) is 1. The van der Waals surface area contributed by atoms with Gasteiger partial charge in [-0.05, 0) is 38.8 Å². The van der Waals surface area contributed by atoms with Crippen LogP contribution in [0.25, 0.3) is 0 Å². The smallest absolute Gasteiger partial charge is 0.0965 e. The lowest BCUT2D eigenvalue weighted by Crippen LogP contribution is -2.50. The van der Waals surface area contributed by atoms with Gasteiger partial charge in [0.25, 0.3) is 0 Å². The Kier molecular flexibility index (Phi) is 4.62. The standard InChI is InChI=1S/C16H27N3O2/c1-3-12(2)19-8-6-13(17-19)9-15(20)16-10-18-7-4-5-14(18)11-21-16/h6,8,12,14-16,20H,3-5,7,9-11H2,1-2H3. The number of hydrogen-bond donors (Lipinski definition) is 1. The van der Waals surface area contributed by atoms with Crippen molar-refractivity contribution in [2.75, 3.05) is 19.7 Å². The summed E-state index contributed by atoms with van der Waals surface area (Å²) in [4.78, 5) is 2.47. The SMILES string of the molecule is CCC(C)n1ccc(CC(O)C2CN3CCCC3CO2)n1. The van der Waals surface area contributed by atoms with Crippen molar-refractivity contribution in [1.29, 1.82) is 0 Å². The van der Waals surface area contributed by atoms with Crippen molar-refractivity contribution >= 4 is 0 Å². The van der Waals surface area contributed by atoms with Crippen LogP contribution in [0, 0.1) is 0 Å². The van der Waals surface area contributed by atoms with E-state index in [0.717, 1.165) is 31.8 Å². The van der Waals surface area contributed by atoms with Gasteiger partial charge in [0, 0.05) is 31.2 Å². The molecule has 2 saturated heterocycles. The molecular weight excluding hydrogens is 266 g/mol. The van der Waals surface area contributed by atoms with Crippen molar-refractivity contribution in [1.82, 2.24) is 14.7 Å². The Morgan fingerprint density at radius 1 is 1.52 bits per heavy atom. The van der Waals surface area contributed by atoms with Crippen LogP contribution >= 0.6 is 0 Å². The molecule has 1 aromatic heterocycles. The number of hydrogen-bond acceptors (Lipinski definition) is 4. The molecule has 2 aliphatic heterocycles. The summed E-state index contributed by atoms with van der Waals surface area (Å²) in [5, 5.41) is 15.0. The molecule has 0 amide bonds. The number of aliphatic hydroxyl groups is 1. The maximum atomic E-state index is 10.5. The minimum atomic E-state index is -0.466. The van der Waals surface area contributed by atoms with E-state index in [4.69, 9.17) is 4.74 Å². The molecular formula is C16H27N3O2. The van der Waals surface area contributed by atoms with Gasteiger partial charge in [0.2, 0.25) is 0 Å². The number of fused-ring (bicyclic) bond motifs is 1. The molecule has 0 spiro atoms. The van der Waals surface area contributed by atoms with Crippen molar-refractivity contribution in [3.05, 3.63) is 18.0 Å². The third-order valence-electron chi connectivity index (χ3n) is 4.97. The summed E-state index contributed by atoms with van der Waals surface area (Å²) in [5.74, 6) is 0. The molecule has 0 aromatic carbocycles. The highest BCUT2D eigenvalue weighted by atomic mass is 16.5. The first-order valence-corrected chi connectivity index (χ1v) is 8.25. The largest absolute Gasteiger partial charge is 0.390 e. The zero-order valence-electron chi connectivity index (χ0n) is 13.1. The third kappa shape index (κ3) is 3.30. The topological polar surface area (TPSA) is 50.5 Å². The van der Waals surface area contributed by atoms with Crippen molar-refractivity contribution in [2.45, 2.75) is 63.8 Å². The van der Waals surface area contributed by atoms with Crippen molar-refractivity contribution in [3.8, 4) is 0 Å². The Hall–Kier alpha value is -0.910. The highest BCUT2D eigenvalue weighted by Gasteiger charge is 2.35. The molecule has 5 heteroatoms. The van der Waals surface area contributed by atoms with Crippen LogP contribution in [0.3, 0.4) is 0 Å². The number of morpholine rings is 1. The third-order valence-corrected chi connectivity index (χ3v) is 4.97. The zero-order chi connectivity index (χ0) is 14.8. The normalized spacial score (nSPS) is 29.3. The number of aliphatic hydroxyl groups excluding tert-OH is 1. The molecule has 5 nitrogen and oxygen atoms in total. The molecule has 2 aliphatic rings. The Morgan fingerprint density at radius 3 is 3.19 bits per heavy atom. The number of aromatic nitrogens is 2. The lowest BCUT2D eigenvalue weighted by Gasteiger charge is -2.37. The van der Waals surface area contributed by atoms with Crippen molar-refractivity contribution in [2.24, 2.45) is 0 Å². The first kappa shape index (κ1) is 15.0. The molecule has 3 rings (SSSR count). The van der Waals surface area contributed by atoms with E-state index >= 15 is 0 Å². The first-order chi connectivity index (χ1) is 10.2.